The van der Waals surface area contributed by atoms with Crippen LogP contribution in [0.5, 0.6) is 0 Å². The molecule has 0 saturated heterocycles. The third-order valence-electron chi connectivity index (χ3n) is 5.66. The van der Waals surface area contributed by atoms with Crippen LogP contribution in [0.25, 0.3) is 0 Å². The molecule has 0 spiro atoms. The number of benzene rings is 1. The molecule has 0 aliphatic rings. The Morgan fingerprint density at radius 3 is 1.46 bits per heavy atom. The van der Waals surface area contributed by atoms with E-state index in [1.54, 1.807) is 12.1 Å². The fourth-order valence-corrected chi connectivity index (χ4v) is 3.98. The van der Waals surface area contributed by atoms with Crippen molar-refractivity contribution in [2.45, 2.75) is 96.8 Å². The monoisotopic (exact) mass is 536 g/mol. The molecule has 0 radical (unpaired) electrons. The molecule has 194 valence electrons. The Morgan fingerprint density at radius 1 is 0.686 bits per heavy atom. The third-order valence-corrected chi connectivity index (χ3v) is 6.33. The zero-order valence-corrected chi connectivity index (χ0v) is 25.5. The number of carbonyl (C=O) groups is 2. The molecule has 0 atom stereocenters. The molecule has 0 saturated carbocycles. The van der Waals surface area contributed by atoms with Crippen molar-refractivity contribution in [3.05, 3.63) is 35.4 Å². The largest absolute Gasteiger partial charge is 1.00 e. The van der Waals surface area contributed by atoms with Gasteiger partial charge in [-0.3, -0.25) is 0 Å². The van der Waals surface area contributed by atoms with Gasteiger partial charge in [-0.2, -0.15) is 0 Å². The number of ether oxygens (including phenoxy) is 2. The first-order chi connectivity index (χ1) is 16.3. The smallest absolute Gasteiger partial charge is 0.748 e. The van der Waals surface area contributed by atoms with Gasteiger partial charge in [0.05, 0.1) is 33.6 Å². The van der Waals surface area contributed by atoms with Crippen LogP contribution in [0.3, 0.4) is 0 Å². The fraction of sp³-hybridized carbons (Fsp3) is 0.692. The molecule has 0 aliphatic heterocycles. The standard InChI is InChI=1S/C26H42O7S.K/c1-2-3-4-5-6-7-8-9-10-11-12-13-14-17-20-32-25(27)23-18-15-16-19-24(23)26(28)33-21-22-34(29,30)31;/h15-16,18-19H,2-14,17,20-22H2,1H3,(H,29,30,31);/q;+1/p-1. The predicted molar refractivity (Wildman–Crippen MR) is 132 cm³/mol. The molecule has 0 unspecified atom stereocenters. The predicted octanol–water partition coefficient (Wildman–Crippen LogP) is 3.03. The molecule has 0 heterocycles. The van der Waals surface area contributed by atoms with Crippen molar-refractivity contribution in [1.29, 1.82) is 0 Å². The van der Waals surface area contributed by atoms with Crippen molar-refractivity contribution < 1.29 is 83.4 Å². The van der Waals surface area contributed by atoms with E-state index in [-0.39, 0.29) is 69.1 Å². The van der Waals surface area contributed by atoms with Gasteiger partial charge in [-0.1, -0.05) is 103 Å². The molecule has 9 heteroatoms. The van der Waals surface area contributed by atoms with Gasteiger partial charge in [-0.05, 0) is 18.6 Å². The van der Waals surface area contributed by atoms with Gasteiger partial charge in [0.15, 0.2) is 0 Å². The van der Waals surface area contributed by atoms with Gasteiger partial charge in [0.2, 0.25) is 0 Å². The molecule has 0 bridgehead atoms. The van der Waals surface area contributed by atoms with Crippen LogP contribution in [0, 0.1) is 0 Å². The van der Waals surface area contributed by atoms with Crippen LogP contribution in [0.15, 0.2) is 24.3 Å². The quantitative estimate of drug-likeness (QED) is 0.109. The molecule has 35 heavy (non-hydrogen) atoms. The summed E-state index contributed by atoms with van der Waals surface area (Å²) in [5, 5.41) is 0. The maximum absolute atomic E-state index is 12.4. The summed E-state index contributed by atoms with van der Waals surface area (Å²) in [5.41, 5.74) is 0.0413. The van der Waals surface area contributed by atoms with E-state index in [1.807, 2.05) is 0 Å². The van der Waals surface area contributed by atoms with E-state index >= 15 is 0 Å². The molecule has 1 aromatic carbocycles. The summed E-state index contributed by atoms with van der Waals surface area (Å²) in [6.45, 7) is 1.95. The number of hydrogen-bond donors (Lipinski definition) is 0. The Labute approximate surface area is 254 Å². The van der Waals surface area contributed by atoms with Crippen molar-refractivity contribution >= 4 is 22.1 Å². The summed E-state index contributed by atoms with van der Waals surface area (Å²) < 4.78 is 42.0. The van der Waals surface area contributed by atoms with E-state index in [0.29, 0.717) is 0 Å². The van der Waals surface area contributed by atoms with Crippen molar-refractivity contribution in [3.8, 4) is 0 Å². The van der Waals surface area contributed by atoms with Crippen LogP contribution in [-0.2, 0) is 19.6 Å². The number of rotatable bonds is 20. The summed E-state index contributed by atoms with van der Waals surface area (Å²) in [4.78, 5) is 24.5. The van der Waals surface area contributed by atoms with E-state index in [2.05, 4.69) is 6.92 Å². The second-order valence-corrected chi connectivity index (χ2v) is 10.2. The van der Waals surface area contributed by atoms with Gasteiger partial charge in [-0.15, -0.1) is 0 Å². The molecule has 1 aromatic rings. The fourth-order valence-electron chi connectivity index (χ4n) is 3.69. The Kier molecular flexibility index (Phi) is 21.6. The molecule has 7 nitrogen and oxygen atoms in total. The van der Waals surface area contributed by atoms with Crippen molar-refractivity contribution in [1.82, 2.24) is 0 Å². The van der Waals surface area contributed by atoms with Crippen LogP contribution in [0.4, 0.5) is 0 Å². The van der Waals surface area contributed by atoms with E-state index in [4.69, 9.17) is 9.47 Å². The normalized spacial score (nSPS) is 11.0. The van der Waals surface area contributed by atoms with E-state index in [9.17, 15) is 22.6 Å². The molecule has 0 aliphatic carbocycles. The third kappa shape index (κ3) is 18.6. The molecule has 0 amide bonds. The Bertz CT molecular complexity index is 812. The van der Waals surface area contributed by atoms with Gasteiger partial charge < -0.3 is 14.0 Å². The topological polar surface area (TPSA) is 110 Å². The average Bonchev–Trinajstić information content (AvgIpc) is 2.80. The average molecular weight is 537 g/mol. The number of carbonyl (C=O) groups excluding carboxylic acids is 2. The first-order valence-electron chi connectivity index (χ1n) is 12.7. The summed E-state index contributed by atoms with van der Waals surface area (Å²) in [6.07, 6.45) is 17.4. The molecule has 0 aromatic heterocycles. The van der Waals surface area contributed by atoms with Crippen molar-refractivity contribution in [2.75, 3.05) is 19.0 Å². The van der Waals surface area contributed by atoms with E-state index < -0.39 is 34.4 Å². The van der Waals surface area contributed by atoms with Gasteiger partial charge in [0, 0.05) is 0 Å². The number of hydrogen-bond acceptors (Lipinski definition) is 7. The van der Waals surface area contributed by atoms with Crippen LogP contribution < -0.4 is 51.4 Å². The minimum absolute atomic E-state index is 0. The molecular formula is C26H41KO7S. The second kappa shape index (κ2) is 21.8. The van der Waals surface area contributed by atoms with Crippen LogP contribution >= 0.6 is 0 Å². The summed E-state index contributed by atoms with van der Waals surface area (Å²) in [7, 11) is -4.48. The maximum Gasteiger partial charge on any atom is 1.00 e. The van der Waals surface area contributed by atoms with E-state index in [0.717, 1.165) is 19.3 Å². The number of unbranched alkanes of at least 4 members (excludes halogenated alkanes) is 13. The molecule has 0 fully saturated rings. The SMILES string of the molecule is CCCCCCCCCCCCCCCCOC(=O)c1ccccc1C(=O)OCCS(=O)(=O)[O-].[K+]. The second-order valence-electron chi connectivity index (χ2n) is 8.68. The molecular weight excluding hydrogens is 495 g/mol. The van der Waals surface area contributed by atoms with Gasteiger partial charge >= 0.3 is 63.3 Å². The molecule has 0 N–H and O–H groups in total. The van der Waals surface area contributed by atoms with Crippen molar-refractivity contribution in [2.24, 2.45) is 0 Å². The minimum Gasteiger partial charge on any atom is -0.748 e. The van der Waals surface area contributed by atoms with Gasteiger partial charge in [0.25, 0.3) is 0 Å². The summed E-state index contributed by atoms with van der Waals surface area (Å²) >= 11 is 0. The van der Waals surface area contributed by atoms with Gasteiger partial charge in [0.1, 0.15) is 6.61 Å². The first-order valence-corrected chi connectivity index (χ1v) is 14.3. The first kappa shape index (κ1) is 34.7. The van der Waals surface area contributed by atoms with E-state index in [1.165, 1.54) is 82.8 Å². The zero-order valence-electron chi connectivity index (χ0n) is 21.6. The number of esters is 2. The Morgan fingerprint density at radius 2 is 1.06 bits per heavy atom. The van der Waals surface area contributed by atoms with Crippen LogP contribution in [0.1, 0.15) is 118 Å². The zero-order chi connectivity index (χ0) is 25.1. The Hall–Kier alpha value is -0.294. The van der Waals surface area contributed by atoms with Crippen molar-refractivity contribution in [3.63, 3.8) is 0 Å². The molecule has 1 rings (SSSR count). The maximum atomic E-state index is 12.4. The summed E-state index contributed by atoms with van der Waals surface area (Å²) in [5.74, 6) is -2.31. The Balaban J connectivity index is 0.0000116. The summed E-state index contributed by atoms with van der Waals surface area (Å²) in [6, 6.07) is 6.01. The van der Waals surface area contributed by atoms with Gasteiger partial charge in [-0.25, -0.2) is 18.0 Å². The van der Waals surface area contributed by atoms with Crippen LogP contribution in [0.2, 0.25) is 0 Å². The van der Waals surface area contributed by atoms with Crippen LogP contribution in [-0.4, -0.2) is 43.9 Å². The minimum atomic E-state index is -4.48.